The number of nitro benzene ring substituents is 1. The highest BCUT2D eigenvalue weighted by Gasteiger charge is 2.28. The summed E-state index contributed by atoms with van der Waals surface area (Å²) in [7, 11) is 1.32. The molecule has 2 rings (SSSR count). The standard InChI is InChI=1S/C13H15BrN2O5/c1-20-13(17)11-8-15(5-6-21-11)7-9-3-2-4-10(12(9)14)16(18)19/h2-4,11H,5-8H2,1H3. The first kappa shape index (κ1) is 15.9. The van der Waals surface area contributed by atoms with Crippen LogP contribution < -0.4 is 0 Å². The van der Waals surface area contributed by atoms with Crippen molar-refractivity contribution in [2.75, 3.05) is 26.8 Å². The van der Waals surface area contributed by atoms with Crippen molar-refractivity contribution in [2.45, 2.75) is 12.6 Å². The van der Waals surface area contributed by atoms with Crippen molar-refractivity contribution in [3.63, 3.8) is 0 Å². The summed E-state index contributed by atoms with van der Waals surface area (Å²) in [6, 6.07) is 4.92. The lowest BCUT2D eigenvalue weighted by molar-refractivity contribution is -0.385. The predicted octanol–water partition coefficient (Wildman–Crippen LogP) is 1.73. The van der Waals surface area contributed by atoms with E-state index < -0.39 is 17.0 Å². The Kier molecular flexibility index (Phi) is 5.27. The van der Waals surface area contributed by atoms with Gasteiger partial charge in [0.15, 0.2) is 6.10 Å². The van der Waals surface area contributed by atoms with Crippen LogP contribution in [0.1, 0.15) is 5.56 Å². The molecule has 0 N–H and O–H groups in total. The smallest absolute Gasteiger partial charge is 0.336 e. The molecule has 7 nitrogen and oxygen atoms in total. The number of carbonyl (C=O) groups is 1. The van der Waals surface area contributed by atoms with E-state index in [9.17, 15) is 14.9 Å². The molecule has 0 bridgehead atoms. The molecular weight excluding hydrogens is 344 g/mol. The summed E-state index contributed by atoms with van der Waals surface area (Å²) in [5.74, 6) is -0.405. The molecule has 1 aromatic carbocycles. The number of hydrogen-bond donors (Lipinski definition) is 0. The van der Waals surface area contributed by atoms with Crippen molar-refractivity contribution in [3.05, 3.63) is 38.3 Å². The van der Waals surface area contributed by atoms with Crippen LogP contribution in [0.25, 0.3) is 0 Å². The van der Waals surface area contributed by atoms with E-state index in [1.54, 1.807) is 6.07 Å². The van der Waals surface area contributed by atoms with Gasteiger partial charge in [-0.25, -0.2) is 4.79 Å². The Balaban J connectivity index is 2.09. The van der Waals surface area contributed by atoms with E-state index in [4.69, 9.17) is 4.74 Å². The number of esters is 1. The Labute approximate surface area is 130 Å². The lowest BCUT2D eigenvalue weighted by Crippen LogP contribution is -2.46. The highest BCUT2D eigenvalue weighted by Crippen LogP contribution is 2.29. The number of methoxy groups -OCH3 is 1. The fourth-order valence-corrected chi connectivity index (χ4v) is 2.72. The topological polar surface area (TPSA) is 81.9 Å². The predicted molar refractivity (Wildman–Crippen MR) is 77.8 cm³/mol. The minimum Gasteiger partial charge on any atom is -0.467 e. The Morgan fingerprint density at radius 1 is 1.62 bits per heavy atom. The van der Waals surface area contributed by atoms with Crippen LogP contribution in [0.4, 0.5) is 5.69 Å². The number of carbonyl (C=O) groups excluding carboxylic acids is 1. The van der Waals surface area contributed by atoms with E-state index in [0.717, 1.165) is 5.56 Å². The summed E-state index contributed by atoms with van der Waals surface area (Å²) in [4.78, 5) is 24.0. The van der Waals surface area contributed by atoms with Gasteiger partial charge in [0.25, 0.3) is 5.69 Å². The number of nitro groups is 1. The molecule has 21 heavy (non-hydrogen) atoms. The molecule has 1 fully saturated rings. The number of ether oxygens (including phenoxy) is 2. The molecule has 1 aromatic rings. The van der Waals surface area contributed by atoms with Crippen molar-refractivity contribution in [2.24, 2.45) is 0 Å². The van der Waals surface area contributed by atoms with Crippen LogP contribution in [0.2, 0.25) is 0 Å². The molecule has 0 saturated carbocycles. The van der Waals surface area contributed by atoms with Crippen LogP contribution in [0.15, 0.2) is 22.7 Å². The van der Waals surface area contributed by atoms with Gasteiger partial charge in [0.1, 0.15) is 0 Å². The minimum atomic E-state index is -0.610. The van der Waals surface area contributed by atoms with Crippen LogP contribution in [-0.4, -0.2) is 48.7 Å². The van der Waals surface area contributed by atoms with Gasteiger partial charge in [0.05, 0.1) is 23.1 Å². The van der Waals surface area contributed by atoms with Crippen molar-refractivity contribution in [1.29, 1.82) is 0 Å². The van der Waals surface area contributed by atoms with Gasteiger partial charge in [-0.1, -0.05) is 12.1 Å². The molecule has 0 aromatic heterocycles. The van der Waals surface area contributed by atoms with Gasteiger partial charge in [0, 0.05) is 25.7 Å². The molecule has 1 atom stereocenters. The first-order valence-corrected chi connectivity index (χ1v) is 7.15. The maximum Gasteiger partial charge on any atom is 0.336 e. The quantitative estimate of drug-likeness (QED) is 0.463. The average molecular weight is 359 g/mol. The Morgan fingerprint density at radius 3 is 3.05 bits per heavy atom. The molecule has 0 amide bonds. The maximum atomic E-state index is 11.5. The lowest BCUT2D eigenvalue weighted by atomic mass is 10.1. The van der Waals surface area contributed by atoms with E-state index in [0.29, 0.717) is 30.7 Å². The second-order valence-electron chi connectivity index (χ2n) is 4.63. The summed E-state index contributed by atoms with van der Waals surface area (Å²) in [6.07, 6.45) is -0.610. The zero-order chi connectivity index (χ0) is 15.4. The van der Waals surface area contributed by atoms with Crippen molar-refractivity contribution in [3.8, 4) is 0 Å². The molecule has 1 unspecified atom stereocenters. The van der Waals surface area contributed by atoms with Crippen LogP contribution >= 0.6 is 15.9 Å². The summed E-state index contributed by atoms with van der Waals surface area (Å²) in [5, 5.41) is 10.9. The number of rotatable bonds is 4. The Hall–Kier alpha value is -1.51. The second kappa shape index (κ2) is 6.97. The van der Waals surface area contributed by atoms with E-state index in [-0.39, 0.29) is 5.69 Å². The van der Waals surface area contributed by atoms with Crippen LogP contribution in [-0.2, 0) is 20.8 Å². The second-order valence-corrected chi connectivity index (χ2v) is 5.42. The zero-order valence-corrected chi connectivity index (χ0v) is 13.0. The molecule has 0 aliphatic carbocycles. The third-order valence-corrected chi connectivity index (χ3v) is 4.18. The number of hydrogen-bond acceptors (Lipinski definition) is 6. The molecule has 0 spiro atoms. The number of nitrogens with zero attached hydrogens (tertiary/aromatic N) is 2. The minimum absolute atomic E-state index is 0.0327. The summed E-state index contributed by atoms with van der Waals surface area (Å²) in [6.45, 7) is 1.98. The molecule has 1 aliphatic heterocycles. The molecule has 0 radical (unpaired) electrons. The third kappa shape index (κ3) is 3.78. The molecule has 8 heteroatoms. The van der Waals surface area contributed by atoms with Gasteiger partial charge in [-0.3, -0.25) is 15.0 Å². The van der Waals surface area contributed by atoms with E-state index in [1.807, 2.05) is 11.0 Å². The zero-order valence-electron chi connectivity index (χ0n) is 11.5. The SMILES string of the molecule is COC(=O)C1CN(Cc2cccc([N+](=O)[O-])c2Br)CCO1. The largest absolute Gasteiger partial charge is 0.467 e. The number of morpholine rings is 1. The molecule has 1 heterocycles. The van der Waals surface area contributed by atoms with Gasteiger partial charge in [-0.2, -0.15) is 0 Å². The highest BCUT2D eigenvalue weighted by atomic mass is 79.9. The Morgan fingerprint density at radius 2 is 2.38 bits per heavy atom. The van der Waals surface area contributed by atoms with E-state index in [1.165, 1.54) is 13.2 Å². The van der Waals surface area contributed by atoms with Gasteiger partial charge >= 0.3 is 5.97 Å². The van der Waals surface area contributed by atoms with Gasteiger partial charge < -0.3 is 9.47 Å². The summed E-state index contributed by atoms with van der Waals surface area (Å²) < 4.78 is 10.5. The first-order chi connectivity index (χ1) is 10.0. The third-order valence-electron chi connectivity index (χ3n) is 3.26. The van der Waals surface area contributed by atoms with Gasteiger partial charge in [0.2, 0.25) is 0 Å². The maximum absolute atomic E-state index is 11.5. The van der Waals surface area contributed by atoms with Crippen molar-refractivity contribution in [1.82, 2.24) is 4.90 Å². The van der Waals surface area contributed by atoms with E-state index >= 15 is 0 Å². The van der Waals surface area contributed by atoms with Crippen molar-refractivity contribution < 1.29 is 19.2 Å². The lowest BCUT2D eigenvalue weighted by Gasteiger charge is -2.31. The number of halogens is 1. The fourth-order valence-electron chi connectivity index (χ4n) is 2.19. The highest BCUT2D eigenvalue weighted by molar-refractivity contribution is 9.10. The fraction of sp³-hybridized carbons (Fsp3) is 0.462. The first-order valence-electron chi connectivity index (χ1n) is 6.36. The molecule has 1 saturated heterocycles. The summed E-state index contributed by atoms with van der Waals surface area (Å²) in [5.41, 5.74) is 0.833. The van der Waals surface area contributed by atoms with Crippen LogP contribution in [0.3, 0.4) is 0 Å². The Bertz CT molecular complexity index is 551. The molecule has 1 aliphatic rings. The average Bonchev–Trinajstić information content (AvgIpc) is 2.48. The molecular formula is C13H15BrN2O5. The monoisotopic (exact) mass is 358 g/mol. The van der Waals surface area contributed by atoms with Crippen LogP contribution in [0.5, 0.6) is 0 Å². The van der Waals surface area contributed by atoms with Crippen LogP contribution in [0, 0.1) is 10.1 Å². The molecule has 114 valence electrons. The normalized spacial score (nSPS) is 19.2. The summed E-state index contributed by atoms with van der Waals surface area (Å²) >= 11 is 3.28. The number of benzene rings is 1. The van der Waals surface area contributed by atoms with Gasteiger partial charge in [-0.15, -0.1) is 0 Å². The van der Waals surface area contributed by atoms with Crippen molar-refractivity contribution >= 4 is 27.6 Å². The van der Waals surface area contributed by atoms with E-state index in [2.05, 4.69) is 20.7 Å². The van der Waals surface area contributed by atoms with Gasteiger partial charge in [-0.05, 0) is 21.5 Å².